The molecule has 4 nitrogen and oxygen atoms in total. The predicted octanol–water partition coefficient (Wildman–Crippen LogP) is 8.66. The maximum absolute atomic E-state index is 12.9. The van der Waals surface area contributed by atoms with Gasteiger partial charge in [0.15, 0.2) is 16.6 Å². The number of allylic oxidation sites excluding steroid dienone is 1. The molecule has 0 aromatic carbocycles. The summed E-state index contributed by atoms with van der Waals surface area (Å²) in [7, 11) is -4.08. The first kappa shape index (κ1) is 30.3. The van der Waals surface area contributed by atoms with E-state index in [1.165, 1.54) is 12.0 Å². The van der Waals surface area contributed by atoms with Crippen LogP contribution in [-0.2, 0) is 18.4 Å². The Hall–Kier alpha value is -0.696. The smallest absolute Gasteiger partial charge is 0.334 e. The van der Waals surface area contributed by atoms with Crippen molar-refractivity contribution >= 4 is 22.6 Å². The van der Waals surface area contributed by atoms with Gasteiger partial charge in [-0.1, -0.05) is 75.0 Å². The highest BCUT2D eigenvalue weighted by atomic mass is 28.4. The van der Waals surface area contributed by atoms with Crippen molar-refractivity contribution in [1.82, 2.24) is 0 Å². The Morgan fingerprint density at radius 3 is 2.08 bits per heavy atom. The SMILES string of the molecule is C=C1C(=O)O[C@H]2C3=CC[C@@H]4C(C)(C)CC[C@H](O[Si](C)(C)C(C)(C)C)[C@@]4(C)[C@@H]3C[C@H](O[Si](C)(C)C(C)(C)C)[C@@H]12. The standard InChI is InChI=1S/C32H56O4Si2/c1-20-26-23(35-37(11,12)29(2,3)4)19-22-21(27(26)34-28(20)33)15-16-24-31(8,9)18-17-25(32(22,24)10)36-38(13,14)30(5,6)7/h15,22-27H,1,16-19H2,2-14H3/t22-,23+,24-,25+,26-,27+,32+/m1/s1. The van der Waals surface area contributed by atoms with E-state index in [0.717, 1.165) is 19.3 Å². The summed E-state index contributed by atoms with van der Waals surface area (Å²) in [6.07, 6.45) is 6.54. The summed E-state index contributed by atoms with van der Waals surface area (Å²) in [5, 5.41) is 0.243. The van der Waals surface area contributed by atoms with Crippen molar-refractivity contribution in [3.63, 3.8) is 0 Å². The molecule has 0 amide bonds. The first-order valence-corrected chi connectivity index (χ1v) is 20.8. The van der Waals surface area contributed by atoms with E-state index in [1.54, 1.807) is 0 Å². The Morgan fingerprint density at radius 1 is 0.974 bits per heavy atom. The fourth-order valence-electron chi connectivity index (χ4n) is 7.61. The lowest BCUT2D eigenvalue weighted by atomic mass is 9.45. The van der Waals surface area contributed by atoms with Crippen LogP contribution in [0.15, 0.2) is 23.8 Å². The van der Waals surface area contributed by atoms with Gasteiger partial charge in [-0.05, 0) is 84.8 Å². The number of fused-ring (bicyclic) bond motifs is 5. The van der Waals surface area contributed by atoms with Crippen LogP contribution in [0.3, 0.4) is 0 Å². The van der Waals surface area contributed by atoms with Gasteiger partial charge in [0.2, 0.25) is 0 Å². The molecule has 1 saturated heterocycles. The average molecular weight is 561 g/mol. The Kier molecular flexibility index (Phi) is 7.29. The van der Waals surface area contributed by atoms with Crippen LogP contribution in [-0.4, -0.2) is 40.9 Å². The average Bonchev–Trinajstić information content (AvgIpc) is 3.04. The van der Waals surface area contributed by atoms with Gasteiger partial charge in [0.05, 0.1) is 18.1 Å². The van der Waals surface area contributed by atoms with Gasteiger partial charge in [0.1, 0.15) is 6.10 Å². The number of hydrogen-bond donors (Lipinski definition) is 0. The minimum absolute atomic E-state index is 0.0440. The minimum atomic E-state index is -2.09. The molecule has 38 heavy (non-hydrogen) atoms. The number of hydrogen-bond acceptors (Lipinski definition) is 4. The summed E-state index contributed by atoms with van der Waals surface area (Å²) in [5.74, 6) is 0.453. The molecule has 4 rings (SSSR count). The number of carbonyl (C=O) groups excluding carboxylic acids is 1. The monoisotopic (exact) mass is 560 g/mol. The third-order valence-electron chi connectivity index (χ3n) is 12.1. The summed E-state index contributed by atoms with van der Waals surface area (Å²) in [5.41, 5.74) is 2.10. The molecule has 1 heterocycles. The molecular weight excluding hydrogens is 505 g/mol. The summed E-state index contributed by atoms with van der Waals surface area (Å²) in [4.78, 5) is 12.9. The normalized spacial score (nSPS) is 37.7. The van der Waals surface area contributed by atoms with Gasteiger partial charge in [0.25, 0.3) is 0 Å². The van der Waals surface area contributed by atoms with Crippen LogP contribution in [0.2, 0.25) is 36.3 Å². The first-order chi connectivity index (χ1) is 17.0. The van der Waals surface area contributed by atoms with Gasteiger partial charge in [-0.25, -0.2) is 4.79 Å². The molecular formula is C32H56O4Si2. The van der Waals surface area contributed by atoms with E-state index >= 15 is 0 Å². The highest BCUT2D eigenvalue weighted by Gasteiger charge is 2.64. The second-order valence-corrected chi connectivity index (χ2v) is 26.3. The van der Waals surface area contributed by atoms with Gasteiger partial charge < -0.3 is 13.6 Å². The second-order valence-electron chi connectivity index (χ2n) is 16.8. The Morgan fingerprint density at radius 2 is 1.53 bits per heavy atom. The highest BCUT2D eigenvalue weighted by molar-refractivity contribution is 6.74. The van der Waals surface area contributed by atoms with E-state index in [-0.39, 0.29) is 57.0 Å². The number of esters is 1. The molecule has 0 bridgehead atoms. The Bertz CT molecular complexity index is 1010. The maximum Gasteiger partial charge on any atom is 0.334 e. The molecule has 1 aliphatic heterocycles. The molecule has 0 N–H and O–H groups in total. The molecule has 6 heteroatoms. The molecule has 0 spiro atoms. The van der Waals surface area contributed by atoms with E-state index in [0.29, 0.717) is 11.5 Å². The van der Waals surface area contributed by atoms with E-state index in [2.05, 4.69) is 101 Å². The summed E-state index contributed by atoms with van der Waals surface area (Å²) >= 11 is 0. The molecule has 0 aromatic rings. The van der Waals surface area contributed by atoms with Crippen molar-refractivity contribution < 1.29 is 18.4 Å². The van der Waals surface area contributed by atoms with Crippen molar-refractivity contribution in [3.05, 3.63) is 23.8 Å². The molecule has 7 atom stereocenters. The van der Waals surface area contributed by atoms with Crippen LogP contribution in [0.5, 0.6) is 0 Å². The summed E-state index contributed by atoms with van der Waals surface area (Å²) in [6.45, 7) is 35.0. The third kappa shape index (κ3) is 4.67. The summed E-state index contributed by atoms with van der Waals surface area (Å²) in [6, 6.07) is 0. The molecule has 216 valence electrons. The fraction of sp³-hybridized carbons (Fsp3) is 0.844. The molecule has 3 fully saturated rings. The minimum Gasteiger partial charge on any atom is -0.454 e. The fourth-order valence-corrected chi connectivity index (χ4v) is 10.4. The van der Waals surface area contributed by atoms with Crippen LogP contribution < -0.4 is 0 Å². The van der Waals surface area contributed by atoms with Crippen LogP contribution >= 0.6 is 0 Å². The van der Waals surface area contributed by atoms with Crippen LogP contribution in [0, 0.1) is 28.6 Å². The Balaban J connectivity index is 1.81. The number of carbonyl (C=O) groups is 1. The van der Waals surface area contributed by atoms with Crippen molar-refractivity contribution in [2.24, 2.45) is 28.6 Å². The lowest BCUT2D eigenvalue weighted by Gasteiger charge is -2.63. The highest BCUT2D eigenvalue weighted by Crippen LogP contribution is 2.65. The van der Waals surface area contributed by atoms with E-state index < -0.39 is 16.6 Å². The zero-order valence-corrected chi connectivity index (χ0v) is 28.7. The number of rotatable bonds is 4. The van der Waals surface area contributed by atoms with Crippen molar-refractivity contribution in [3.8, 4) is 0 Å². The van der Waals surface area contributed by atoms with Crippen LogP contribution in [0.4, 0.5) is 0 Å². The molecule has 3 aliphatic carbocycles. The predicted molar refractivity (Wildman–Crippen MR) is 162 cm³/mol. The number of ether oxygens (including phenoxy) is 1. The van der Waals surface area contributed by atoms with Crippen molar-refractivity contribution in [2.75, 3.05) is 0 Å². The van der Waals surface area contributed by atoms with E-state index in [4.69, 9.17) is 13.6 Å². The first-order valence-electron chi connectivity index (χ1n) is 15.0. The largest absolute Gasteiger partial charge is 0.454 e. The van der Waals surface area contributed by atoms with Gasteiger partial charge in [-0.3, -0.25) is 0 Å². The van der Waals surface area contributed by atoms with Gasteiger partial charge in [0, 0.05) is 11.0 Å². The van der Waals surface area contributed by atoms with Gasteiger partial charge >= 0.3 is 5.97 Å². The van der Waals surface area contributed by atoms with Crippen LogP contribution in [0.25, 0.3) is 0 Å². The quantitative estimate of drug-likeness (QED) is 0.149. The molecule has 0 radical (unpaired) electrons. The molecule has 2 saturated carbocycles. The van der Waals surface area contributed by atoms with Crippen molar-refractivity contribution in [2.45, 2.75) is 143 Å². The Labute approximate surface area is 235 Å². The molecule has 0 aromatic heterocycles. The molecule has 0 unspecified atom stereocenters. The lowest BCUT2D eigenvalue weighted by Crippen LogP contribution is -2.63. The zero-order chi connectivity index (χ0) is 28.9. The topological polar surface area (TPSA) is 44.8 Å². The summed E-state index contributed by atoms with van der Waals surface area (Å²) < 4.78 is 20.7. The molecule has 4 aliphatic rings. The lowest BCUT2D eigenvalue weighted by molar-refractivity contribution is -0.149. The zero-order valence-electron chi connectivity index (χ0n) is 26.7. The van der Waals surface area contributed by atoms with Gasteiger partial charge in [-0.2, -0.15) is 0 Å². The van der Waals surface area contributed by atoms with E-state index in [1.807, 2.05) is 0 Å². The maximum atomic E-state index is 12.9. The van der Waals surface area contributed by atoms with Gasteiger partial charge in [-0.15, -0.1) is 0 Å². The van der Waals surface area contributed by atoms with Crippen molar-refractivity contribution in [1.29, 1.82) is 0 Å². The van der Waals surface area contributed by atoms with E-state index in [9.17, 15) is 4.79 Å². The van der Waals surface area contributed by atoms with Crippen LogP contribution in [0.1, 0.15) is 88.0 Å². The second kappa shape index (κ2) is 9.15. The third-order valence-corrected chi connectivity index (χ3v) is 21.1.